The molecule has 5 nitrogen and oxygen atoms in total. The molecule has 0 radical (unpaired) electrons. The van der Waals surface area contributed by atoms with E-state index in [0.29, 0.717) is 12.4 Å². The second-order valence-corrected chi connectivity index (χ2v) is 6.12. The van der Waals surface area contributed by atoms with Gasteiger partial charge in [-0.05, 0) is 37.6 Å². The van der Waals surface area contributed by atoms with Gasteiger partial charge < -0.3 is 9.52 Å². The third kappa shape index (κ3) is 5.64. The largest absolute Gasteiger partial charge is 0.480 e. The fourth-order valence-electron chi connectivity index (χ4n) is 2.11. The van der Waals surface area contributed by atoms with E-state index in [4.69, 9.17) is 9.52 Å². The van der Waals surface area contributed by atoms with Gasteiger partial charge in [-0.2, -0.15) is 0 Å². The highest BCUT2D eigenvalue weighted by Gasteiger charge is 2.18. The second-order valence-electron chi connectivity index (χ2n) is 5.21. The van der Waals surface area contributed by atoms with Crippen molar-refractivity contribution in [2.45, 2.75) is 32.9 Å². The van der Waals surface area contributed by atoms with Gasteiger partial charge in [0, 0.05) is 22.6 Å². The van der Waals surface area contributed by atoms with Crippen LogP contribution in [-0.4, -0.2) is 33.5 Å². The Morgan fingerprint density at radius 1 is 1.39 bits per heavy atom. The molecule has 0 aliphatic heterocycles. The summed E-state index contributed by atoms with van der Waals surface area (Å²) in [5.41, 5.74) is 1.63. The molecular weight excluding hydrogens is 384 g/mol. The Kier molecular flexibility index (Phi) is 7.75. The summed E-state index contributed by atoms with van der Waals surface area (Å²) in [5.74, 6) is -0.293. The monoisotopic (exact) mass is 402 g/mol. The van der Waals surface area contributed by atoms with Crippen LogP contribution in [0.25, 0.3) is 11.5 Å². The summed E-state index contributed by atoms with van der Waals surface area (Å²) in [6.45, 7) is 4.51. The normalized spacial score (nSPS) is 12.0. The van der Waals surface area contributed by atoms with Crippen LogP contribution in [0.3, 0.4) is 0 Å². The molecule has 2 rings (SSSR count). The van der Waals surface area contributed by atoms with Crippen molar-refractivity contribution in [1.82, 2.24) is 9.88 Å². The Morgan fingerprint density at radius 3 is 2.61 bits per heavy atom. The van der Waals surface area contributed by atoms with E-state index in [-0.39, 0.29) is 25.0 Å². The number of halogens is 2. The first-order valence-corrected chi connectivity index (χ1v) is 7.95. The molecule has 0 bridgehead atoms. The SMILES string of the molecule is CCC(C)N(CC(=O)O)Cc1coc(-c2ccc(Br)cc2)n1.Cl. The first kappa shape index (κ1) is 19.7. The zero-order chi connectivity index (χ0) is 16.1. The number of aliphatic carboxylic acids is 1. The predicted octanol–water partition coefficient (Wildman–Crippen LogP) is 4.21. The van der Waals surface area contributed by atoms with Crippen molar-refractivity contribution in [1.29, 1.82) is 0 Å². The van der Waals surface area contributed by atoms with Crippen molar-refractivity contribution in [3.63, 3.8) is 0 Å². The van der Waals surface area contributed by atoms with Gasteiger partial charge in [0.15, 0.2) is 0 Å². The Labute approximate surface area is 150 Å². The van der Waals surface area contributed by atoms with Crippen LogP contribution in [-0.2, 0) is 11.3 Å². The van der Waals surface area contributed by atoms with Gasteiger partial charge in [0.25, 0.3) is 0 Å². The maximum absolute atomic E-state index is 11.0. The van der Waals surface area contributed by atoms with Gasteiger partial charge in [0.2, 0.25) is 5.89 Å². The fraction of sp³-hybridized carbons (Fsp3) is 0.375. The van der Waals surface area contributed by atoms with Crippen LogP contribution in [0.4, 0.5) is 0 Å². The zero-order valence-corrected chi connectivity index (χ0v) is 15.4. The van der Waals surface area contributed by atoms with Crippen LogP contribution < -0.4 is 0 Å². The number of oxazole rings is 1. The third-order valence-electron chi connectivity index (χ3n) is 3.56. The molecule has 0 amide bonds. The Morgan fingerprint density at radius 2 is 2.04 bits per heavy atom. The van der Waals surface area contributed by atoms with Gasteiger partial charge in [0.05, 0.1) is 12.2 Å². The summed E-state index contributed by atoms with van der Waals surface area (Å²) in [4.78, 5) is 17.3. The Balaban J connectivity index is 0.00000264. The number of benzene rings is 1. The van der Waals surface area contributed by atoms with Gasteiger partial charge >= 0.3 is 5.97 Å². The molecule has 0 aliphatic rings. The molecule has 23 heavy (non-hydrogen) atoms. The van der Waals surface area contributed by atoms with Gasteiger partial charge in [-0.3, -0.25) is 9.69 Å². The molecule has 0 saturated heterocycles. The van der Waals surface area contributed by atoms with Crippen LogP contribution >= 0.6 is 28.3 Å². The summed E-state index contributed by atoms with van der Waals surface area (Å²) in [7, 11) is 0. The maximum Gasteiger partial charge on any atom is 0.317 e. The van der Waals surface area contributed by atoms with Crippen LogP contribution in [0, 0.1) is 0 Å². The number of rotatable bonds is 7. The number of carboxylic acid groups (broad SMARTS) is 1. The number of nitrogens with zero attached hydrogens (tertiary/aromatic N) is 2. The minimum absolute atomic E-state index is 0. The van der Waals surface area contributed by atoms with E-state index in [0.717, 1.165) is 22.2 Å². The molecule has 0 fully saturated rings. The van der Waals surface area contributed by atoms with Crippen molar-refractivity contribution in [3.8, 4) is 11.5 Å². The highest BCUT2D eigenvalue weighted by atomic mass is 79.9. The number of hydrogen-bond acceptors (Lipinski definition) is 4. The molecule has 2 aromatic rings. The molecular formula is C16H20BrClN2O3. The van der Waals surface area contributed by atoms with E-state index in [2.05, 4.69) is 20.9 Å². The van der Waals surface area contributed by atoms with Crippen LogP contribution in [0.2, 0.25) is 0 Å². The van der Waals surface area contributed by atoms with Crippen molar-refractivity contribution in [2.75, 3.05) is 6.54 Å². The summed E-state index contributed by atoms with van der Waals surface area (Å²) >= 11 is 3.39. The van der Waals surface area contributed by atoms with Crippen molar-refractivity contribution < 1.29 is 14.3 Å². The van der Waals surface area contributed by atoms with Gasteiger partial charge in [-0.15, -0.1) is 12.4 Å². The summed E-state index contributed by atoms with van der Waals surface area (Å²) in [5, 5.41) is 9.03. The minimum Gasteiger partial charge on any atom is -0.480 e. The summed E-state index contributed by atoms with van der Waals surface area (Å²) in [6, 6.07) is 7.86. The topological polar surface area (TPSA) is 66.6 Å². The molecule has 0 aliphatic carbocycles. The molecule has 1 N–H and O–H groups in total. The zero-order valence-electron chi connectivity index (χ0n) is 13.0. The second kappa shape index (κ2) is 9.05. The molecule has 1 aromatic carbocycles. The number of hydrogen-bond donors (Lipinski definition) is 1. The quantitative estimate of drug-likeness (QED) is 0.750. The molecule has 1 aromatic heterocycles. The van der Waals surface area contributed by atoms with E-state index >= 15 is 0 Å². The van der Waals surface area contributed by atoms with Crippen molar-refractivity contribution in [3.05, 3.63) is 40.7 Å². The molecule has 0 saturated carbocycles. The van der Waals surface area contributed by atoms with E-state index in [1.807, 2.05) is 43.0 Å². The third-order valence-corrected chi connectivity index (χ3v) is 4.09. The Hall–Kier alpha value is -1.37. The van der Waals surface area contributed by atoms with Crippen LogP contribution in [0.5, 0.6) is 0 Å². The van der Waals surface area contributed by atoms with Gasteiger partial charge in [-0.1, -0.05) is 22.9 Å². The predicted molar refractivity (Wildman–Crippen MR) is 94.7 cm³/mol. The standard InChI is InChI=1S/C16H19BrN2O3.ClH/c1-3-11(2)19(9-15(20)21)8-14-10-22-16(18-14)12-4-6-13(17)7-5-12;/h4-7,10-11H,3,8-9H2,1-2H3,(H,20,21);1H. The average molecular weight is 404 g/mol. The number of aromatic nitrogens is 1. The van der Waals surface area contributed by atoms with E-state index in [1.54, 1.807) is 6.26 Å². The van der Waals surface area contributed by atoms with E-state index in [9.17, 15) is 4.79 Å². The van der Waals surface area contributed by atoms with Crippen LogP contribution in [0.1, 0.15) is 26.0 Å². The minimum atomic E-state index is -0.836. The lowest BCUT2D eigenvalue weighted by Crippen LogP contribution is -2.36. The first-order chi connectivity index (χ1) is 10.5. The molecule has 1 heterocycles. The van der Waals surface area contributed by atoms with Gasteiger partial charge in [-0.25, -0.2) is 4.98 Å². The molecule has 1 unspecified atom stereocenters. The van der Waals surface area contributed by atoms with E-state index in [1.165, 1.54) is 0 Å². The average Bonchev–Trinajstić information content (AvgIpc) is 2.94. The summed E-state index contributed by atoms with van der Waals surface area (Å²) in [6.07, 6.45) is 2.47. The molecule has 7 heteroatoms. The van der Waals surface area contributed by atoms with Crippen molar-refractivity contribution >= 4 is 34.3 Å². The van der Waals surface area contributed by atoms with Crippen LogP contribution in [0.15, 0.2) is 39.4 Å². The number of carbonyl (C=O) groups is 1. The smallest absolute Gasteiger partial charge is 0.317 e. The first-order valence-electron chi connectivity index (χ1n) is 7.15. The lowest BCUT2D eigenvalue weighted by atomic mass is 10.2. The summed E-state index contributed by atoms with van der Waals surface area (Å²) < 4.78 is 6.50. The molecule has 126 valence electrons. The molecule has 1 atom stereocenters. The number of carboxylic acids is 1. The Bertz CT molecular complexity index is 631. The lowest BCUT2D eigenvalue weighted by molar-refractivity contribution is -0.139. The van der Waals surface area contributed by atoms with Crippen molar-refractivity contribution in [2.24, 2.45) is 0 Å². The van der Waals surface area contributed by atoms with Gasteiger partial charge in [0.1, 0.15) is 6.26 Å². The fourth-order valence-corrected chi connectivity index (χ4v) is 2.38. The molecule has 0 spiro atoms. The van der Waals surface area contributed by atoms with E-state index < -0.39 is 5.97 Å². The highest BCUT2D eigenvalue weighted by molar-refractivity contribution is 9.10. The highest BCUT2D eigenvalue weighted by Crippen LogP contribution is 2.22. The maximum atomic E-state index is 11.0. The lowest BCUT2D eigenvalue weighted by Gasteiger charge is -2.25.